The number of hydrogen-bond acceptors (Lipinski definition) is 1. The molecule has 1 nitrogen and oxygen atoms in total. The zero-order valence-corrected chi connectivity index (χ0v) is 14.6. The van der Waals surface area contributed by atoms with Crippen LogP contribution in [-0.2, 0) is 19.5 Å². The van der Waals surface area contributed by atoms with Crippen LogP contribution in [0.5, 0.6) is 0 Å². The fraction of sp³-hybridized carbons (Fsp3) is 0.368. The van der Waals surface area contributed by atoms with Crippen molar-refractivity contribution >= 4 is 23.2 Å². The molecule has 116 valence electrons. The number of fused-ring (bicyclic) bond motifs is 1. The molecule has 22 heavy (non-hydrogen) atoms. The molecule has 1 unspecified atom stereocenters. The molecule has 0 amide bonds. The molecule has 0 spiro atoms. The molecule has 1 aliphatic heterocycles. The first-order valence-corrected chi connectivity index (χ1v) is 8.55. The first-order chi connectivity index (χ1) is 10.5. The Kier molecular flexibility index (Phi) is 4.77. The fourth-order valence-corrected chi connectivity index (χ4v) is 3.44. The van der Waals surface area contributed by atoms with Crippen molar-refractivity contribution in [3.8, 4) is 0 Å². The van der Waals surface area contributed by atoms with Gasteiger partial charge in [-0.15, -0.1) is 0 Å². The lowest BCUT2D eigenvalue weighted by Gasteiger charge is -2.23. The predicted molar refractivity (Wildman–Crippen MR) is 94.7 cm³/mol. The summed E-state index contributed by atoms with van der Waals surface area (Å²) in [7, 11) is 0. The van der Waals surface area contributed by atoms with Gasteiger partial charge in [0.05, 0.1) is 10.0 Å². The summed E-state index contributed by atoms with van der Waals surface area (Å²) in [5.74, 6) is 0. The van der Waals surface area contributed by atoms with Crippen LogP contribution in [0.25, 0.3) is 0 Å². The molecule has 0 aromatic heterocycles. The average Bonchev–Trinajstić information content (AvgIpc) is 2.91. The van der Waals surface area contributed by atoms with Crippen LogP contribution in [0.1, 0.15) is 35.6 Å². The van der Waals surface area contributed by atoms with Crippen molar-refractivity contribution in [1.82, 2.24) is 4.90 Å². The Labute approximate surface area is 142 Å². The van der Waals surface area contributed by atoms with Crippen LogP contribution < -0.4 is 0 Å². The number of rotatable bonds is 4. The van der Waals surface area contributed by atoms with Crippen molar-refractivity contribution in [2.24, 2.45) is 0 Å². The maximum Gasteiger partial charge on any atom is 0.0595 e. The lowest BCUT2D eigenvalue weighted by atomic mass is 10.1. The molecule has 0 radical (unpaired) electrons. The highest BCUT2D eigenvalue weighted by molar-refractivity contribution is 6.42. The van der Waals surface area contributed by atoms with Gasteiger partial charge in [0.2, 0.25) is 0 Å². The summed E-state index contributed by atoms with van der Waals surface area (Å²) >= 11 is 12.1. The standard InChI is InChI=1S/C19H21Cl2N/c1-13-3-7-16-11-22(12-17(16)9-13)14(2)4-5-15-6-8-18(20)19(21)10-15/h3,6-10,14H,4-5,11-12H2,1-2H3. The zero-order chi connectivity index (χ0) is 15.7. The molecule has 3 heteroatoms. The first kappa shape index (κ1) is 15.9. The summed E-state index contributed by atoms with van der Waals surface area (Å²) in [5.41, 5.74) is 5.58. The Balaban J connectivity index is 1.59. The Morgan fingerprint density at radius 3 is 2.55 bits per heavy atom. The Hall–Kier alpha value is -1.02. The second-order valence-corrected chi connectivity index (χ2v) is 7.13. The van der Waals surface area contributed by atoms with Crippen molar-refractivity contribution in [1.29, 1.82) is 0 Å². The summed E-state index contributed by atoms with van der Waals surface area (Å²) in [6.45, 7) is 6.62. The Morgan fingerprint density at radius 2 is 1.77 bits per heavy atom. The Bertz CT molecular complexity index is 681. The van der Waals surface area contributed by atoms with Gasteiger partial charge in [0.1, 0.15) is 0 Å². The number of hydrogen-bond donors (Lipinski definition) is 0. The highest BCUT2D eigenvalue weighted by Crippen LogP contribution is 2.27. The molecule has 0 bridgehead atoms. The van der Waals surface area contributed by atoms with E-state index in [0.29, 0.717) is 16.1 Å². The van der Waals surface area contributed by atoms with Gasteiger partial charge in [-0.3, -0.25) is 4.90 Å². The number of aryl methyl sites for hydroxylation is 2. The summed E-state index contributed by atoms with van der Waals surface area (Å²) in [4.78, 5) is 2.56. The van der Waals surface area contributed by atoms with E-state index in [9.17, 15) is 0 Å². The zero-order valence-electron chi connectivity index (χ0n) is 13.1. The van der Waals surface area contributed by atoms with Gasteiger partial charge in [-0.25, -0.2) is 0 Å². The minimum atomic E-state index is 0.558. The molecule has 1 heterocycles. The average molecular weight is 334 g/mol. The van der Waals surface area contributed by atoms with Crippen molar-refractivity contribution in [3.05, 3.63) is 68.7 Å². The van der Waals surface area contributed by atoms with Crippen LogP contribution in [0.2, 0.25) is 10.0 Å². The molecule has 2 aromatic carbocycles. The first-order valence-electron chi connectivity index (χ1n) is 7.79. The highest BCUT2D eigenvalue weighted by Gasteiger charge is 2.22. The normalized spacial score (nSPS) is 15.8. The molecule has 2 aromatic rings. The summed E-state index contributed by atoms with van der Waals surface area (Å²) < 4.78 is 0. The van der Waals surface area contributed by atoms with Gasteiger partial charge in [0.15, 0.2) is 0 Å². The highest BCUT2D eigenvalue weighted by atomic mass is 35.5. The van der Waals surface area contributed by atoms with Crippen LogP contribution in [0.3, 0.4) is 0 Å². The van der Waals surface area contributed by atoms with Gasteiger partial charge >= 0.3 is 0 Å². The monoisotopic (exact) mass is 333 g/mol. The third kappa shape index (κ3) is 3.48. The topological polar surface area (TPSA) is 3.24 Å². The molecule has 0 aliphatic carbocycles. The molecular formula is C19H21Cl2N. The lowest BCUT2D eigenvalue weighted by Crippen LogP contribution is -2.28. The quantitative estimate of drug-likeness (QED) is 0.699. The third-order valence-corrected chi connectivity index (χ3v) is 5.31. The van der Waals surface area contributed by atoms with Crippen LogP contribution >= 0.6 is 23.2 Å². The van der Waals surface area contributed by atoms with E-state index in [2.05, 4.69) is 43.0 Å². The second kappa shape index (κ2) is 6.62. The van der Waals surface area contributed by atoms with E-state index >= 15 is 0 Å². The maximum absolute atomic E-state index is 6.09. The van der Waals surface area contributed by atoms with Gasteiger partial charge < -0.3 is 0 Å². The second-order valence-electron chi connectivity index (χ2n) is 6.31. The van der Waals surface area contributed by atoms with Crippen molar-refractivity contribution in [3.63, 3.8) is 0 Å². The van der Waals surface area contributed by atoms with Crippen LogP contribution in [0.15, 0.2) is 36.4 Å². The minimum absolute atomic E-state index is 0.558. The Morgan fingerprint density at radius 1 is 1.00 bits per heavy atom. The maximum atomic E-state index is 6.09. The third-order valence-electron chi connectivity index (χ3n) is 4.57. The van der Waals surface area contributed by atoms with E-state index in [1.54, 1.807) is 0 Å². The smallest absolute Gasteiger partial charge is 0.0595 e. The lowest BCUT2D eigenvalue weighted by molar-refractivity contribution is 0.203. The van der Waals surface area contributed by atoms with E-state index in [4.69, 9.17) is 23.2 Å². The molecular weight excluding hydrogens is 313 g/mol. The van der Waals surface area contributed by atoms with E-state index in [0.717, 1.165) is 25.9 Å². The van der Waals surface area contributed by atoms with E-state index in [1.807, 2.05) is 12.1 Å². The van der Waals surface area contributed by atoms with E-state index in [-0.39, 0.29) is 0 Å². The summed E-state index contributed by atoms with van der Waals surface area (Å²) in [6, 6.07) is 13.3. The number of halogens is 2. The fourth-order valence-electron chi connectivity index (χ4n) is 3.11. The van der Waals surface area contributed by atoms with Crippen molar-refractivity contribution < 1.29 is 0 Å². The van der Waals surface area contributed by atoms with E-state index in [1.165, 1.54) is 22.3 Å². The van der Waals surface area contributed by atoms with Gasteiger partial charge in [0, 0.05) is 19.1 Å². The number of benzene rings is 2. The van der Waals surface area contributed by atoms with Crippen LogP contribution in [0, 0.1) is 6.92 Å². The summed E-state index contributed by atoms with van der Waals surface area (Å²) in [6.07, 6.45) is 2.16. The molecule has 1 aliphatic rings. The molecule has 0 saturated carbocycles. The molecule has 1 atom stereocenters. The van der Waals surface area contributed by atoms with Gasteiger partial charge in [-0.05, 0) is 55.5 Å². The predicted octanol–water partition coefficient (Wildman–Crippen LogP) is 5.64. The molecule has 3 rings (SSSR count). The minimum Gasteiger partial charge on any atom is -0.292 e. The van der Waals surface area contributed by atoms with Crippen molar-refractivity contribution in [2.75, 3.05) is 0 Å². The molecule has 0 saturated heterocycles. The van der Waals surface area contributed by atoms with Crippen LogP contribution in [0.4, 0.5) is 0 Å². The van der Waals surface area contributed by atoms with Gasteiger partial charge in [-0.1, -0.05) is 53.0 Å². The van der Waals surface area contributed by atoms with Crippen molar-refractivity contribution in [2.45, 2.75) is 45.8 Å². The molecule has 0 N–H and O–H groups in total. The van der Waals surface area contributed by atoms with Crippen LogP contribution in [-0.4, -0.2) is 10.9 Å². The van der Waals surface area contributed by atoms with Gasteiger partial charge in [0.25, 0.3) is 0 Å². The number of nitrogens with zero attached hydrogens (tertiary/aromatic N) is 1. The SMILES string of the molecule is Cc1ccc2c(c1)CN(C(C)CCc1ccc(Cl)c(Cl)c1)C2. The largest absolute Gasteiger partial charge is 0.292 e. The van der Waals surface area contributed by atoms with Gasteiger partial charge in [-0.2, -0.15) is 0 Å². The summed E-state index contributed by atoms with van der Waals surface area (Å²) in [5, 5.41) is 1.28. The molecule has 0 fully saturated rings. The van der Waals surface area contributed by atoms with E-state index < -0.39 is 0 Å².